The number of hydrogen-bond acceptors (Lipinski definition) is 2. The summed E-state index contributed by atoms with van der Waals surface area (Å²) in [5, 5.41) is 0. The molecule has 0 aliphatic heterocycles. The number of ether oxygens (including phenoxy) is 1. The van der Waals surface area contributed by atoms with Crippen LogP contribution in [-0.4, -0.2) is 12.7 Å². The van der Waals surface area contributed by atoms with Gasteiger partial charge in [-0.2, -0.15) is 0 Å². The highest BCUT2D eigenvalue weighted by atomic mass is 16.5. The molecule has 0 amide bonds. The van der Waals surface area contributed by atoms with Crippen LogP contribution in [-0.2, 0) is 11.2 Å². The predicted octanol–water partition coefficient (Wildman–Crippen LogP) is 3.03. The topological polar surface area (TPSA) is 22.4 Å². The van der Waals surface area contributed by atoms with Crippen LogP contribution in [0.15, 0.2) is 22.8 Å². The SMILES string of the molecule is CC(C)OCCCCc1ccco1. The van der Waals surface area contributed by atoms with Gasteiger partial charge in [-0.25, -0.2) is 0 Å². The smallest absolute Gasteiger partial charge is 0.103 e. The monoisotopic (exact) mass is 182 g/mol. The molecule has 1 aromatic heterocycles. The fourth-order valence-electron chi connectivity index (χ4n) is 1.18. The van der Waals surface area contributed by atoms with Gasteiger partial charge in [0.2, 0.25) is 0 Å². The maximum absolute atomic E-state index is 5.43. The van der Waals surface area contributed by atoms with Gasteiger partial charge in [0.05, 0.1) is 12.4 Å². The Hall–Kier alpha value is -0.760. The lowest BCUT2D eigenvalue weighted by Crippen LogP contribution is -2.03. The molecule has 13 heavy (non-hydrogen) atoms. The third-order valence-electron chi connectivity index (χ3n) is 1.85. The fourth-order valence-corrected chi connectivity index (χ4v) is 1.18. The molecule has 0 unspecified atom stereocenters. The minimum absolute atomic E-state index is 0.351. The van der Waals surface area contributed by atoms with Crippen LogP contribution in [0.2, 0.25) is 0 Å². The van der Waals surface area contributed by atoms with Gasteiger partial charge in [0.15, 0.2) is 0 Å². The number of aryl methyl sites for hydroxylation is 1. The van der Waals surface area contributed by atoms with E-state index in [1.54, 1.807) is 6.26 Å². The predicted molar refractivity (Wildman–Crippen MR) is 52.7 cm³/mol. The van der Waals surface area contributed by atoms with E-state index in [0.29, 0.717) is 6.10 Å². The quantitative estimate of drug-likeness (QED) is 0.631. The summed E-state index contributed by atoms with van der Waals surface area (Å²) in [6.45, 7) is 4.98. The summed E-state index contributed by atoms with van der Waals surface area (Å²) in [4.78, 5) is 0. The molecule has 0 N–H and O–H groups in total. The Morgan fingerprint density at radius 3 is 2.85 bits per heavy atom. The maximum Gasteiger partial charge on any atom is 0.103 e. The van der Waals surface area contributed by atoms with Crippen molar-refractivity contribution in [1.82, 2.24) is 0 Å². The first-order valence-corrected chi connectivity index (χ1v) is 4.93. The van der Waals surface area contributed by atoms with Crippen LogP contribution in [0.4, 0.5) is 0 Å². The van der Waals surface area contributed by atoms with E-state index in [1.807, 2.05) is 12.1 Å². The summed E-state index contributed by atoms with van der Waals surface area (Å²) in [6, 6.07) is 3.95. The number of furan rings is 1. The lowest BCUT2D eigenvalue weighted by Gasteiger charge is -2.05. The molecule has 2 heteroatoms. The Morgan fingerprint density at radius 2 is 2.23 bits per heavy atom. The van der Waals surface area contributed by atoms with Crippen molar-refractivity contribution in [1.29, 1.82) is 0 Å². The van der Waals surface area contributed by atoms with Crippen molar-refractivity contribution in [3.8, 4) is 0 Å². The minimum Gasteiger partial charge on any atom is -0.469 e. The van der Waals surface area contributed by atoms with E-state index < -0.39 is 0 Å². The molecule has 0 radical (unpaired) electrons. The van der Waals surface area contributed by atoms with E-state index in [0.717, 1.165) is 31.6 Å². The molecule has 0 spiro atoms. The third kappa shape index (κ3) is 4.73. The van der Waals surface area contributed by atoms with Crippen LogP contribution in [0.1, 0.15) is 32.4 Å². The number of unbranched alkanes of at least 4 members (excludes halogenated alkanes) is 1. The average molecular weight is 182 g/mol. The molecule has 0 bridgehead atoms. The van der Waals surface area contributed by atoms with E-state index in [4.69, 9.17) is 9.15 Å². The largest absolute Gasteiger partial charge is 0.469 e. The van der Waals surface area contributed by atoms with Crippen molar-refractivity contribution >= 4 is 0 Å². The minimum atomic E-state index is 0.351. The zero-order valence-corrected chi connectivity index (χ0v) is 8.45. The molecular weight excluding hydrogens is 164 g/mol. The summed E-state index contributed by atoms with van der Waals surface area (Å²) in [6.07, 6.45) is 5.34. The summed E-state index contributed by atoms with van der Waals surface area (Å²) in [7, 11) is 0. The maximum atomic E-state index is 5.43. The molecule has 2 nitrogen and oxygen atoms in total. The Bertz CT molecular complexity index is 202. The molecule has 0 aliphatic rings. The first-order valence-electron chi connectivity index (χ1n) is 4.93. The second kappa shape index (κ2) is 5.81. The van der Waals surface area contributed by atoms with Crippen molar-refractivity contribution in [2.45, 2.75) is 39.2 Å². The number of hydrogen-bond donors (Lipinski definition) is 0. The van der Waals surface area contributed by atoms with Gasteiger partial charge in [-0.1, -0.05) is 0 Å². The van der Waals surface area contributed by atoms with Crippen LogP contribution in [0.5, 0.6) is 0 Å². The van der Waals surface area contributed by atoms with E-state index in [9.17, 15) is 0 Å². The number of rotatable bonds is 6. The molecule has 74 valence electrons. The highest BCUT2D eigenvalue weighted by Crippen LogP contribution is 2.05. The standard InChI is InChI=1S/C11H18O2/c1-10(2)12-8-4-3-6-11-7-5-9-13-11/h5,7,9-10H,3-4,6,8H2,1-2H3. The van der Waals surface area contributed by atoms with Crippen molar-refractivity contribution < 1.29 is 9.15 Å². The van der Waals surface area contributed by atoms with E-state index in [2.05, 4.69) is 13.8 Å². The Morgan fingerprint density at radius 1 is 1.38 bits per heavy atom. The fraction of sp³-hybridized carbons (Fsp3) is 0.636. The Balaban J connectivity index is 1.96. The second-order valence-corrected chi connectivity index (χ2v) is 3.46. The molecule has 0 saturated heterocycles. The van der Waals surface area contributed by atoms with Crippen LogP contribution in [0, 0.1) is 0 Å². The van der Waals surface area contributed by atoms with E-state index >= 15 is 0 Å². The van der Waals surface area contributed by atoms with Crippen molar-refractivity contribution in [2.75, 3.05) is 6.61 Å². The van der Waals surface area contributed by atoms with Gasteiger partial charge in [-0.15, -0.1) is 0 Å². The normalized spacial score (nSPS) is 11.0. The lowest BCUT2D eigenvalue weighted by atomic mass is 10.2. The summed E-state index contributed by atoms with van der Waals surface area (Å²) in [5.74, 6) is 1.07. The van der Waals surface area contributed by atoms with Gasteiger partial charge in [-0.05, 0) is 38.8 Å². The third-order valence-corrected chi connectivity index (χ3v) is 1.85. The zero-order chi connectivity index (χ0) is 9.52. The van der Waals surface area contributed by atoms with Crippen molar-refractivity contribution in [2.24, 2.45) is 0 Å². The molecule has 1 heterocycles. The molecule has 0 saturated carbocycles. The van der Waals surface area contributed by atoms with Gasteiger partial charge in [0, 0.05) is 13.0 Å². The molecule has 1 rings (SSSR count). The highest BCUT2D eigenvalue weighted by Gasteiger charge is 1.96. The molecule has 0 aliphatic carbocycles. The van der Waals surface area contributed by atoms with Crippen LogP contribution in [0.3, 0.4) is 0 Å². The van der Waals surface area contributed by atoms with Crippen LogP contribution >= 0.6 is 0 Å². The Labute approximate surface area is 79.9 Å². The highest BCUT2D eigenvalue weighted by molar-refractivity contribution is 4.97. The molecule has 0 atom stereocenters. The van der Waals surface area contributed by atoms with Gasteiger partial charge < -0.3 is 9.15 Å². The average Bonchev–Trinajstić information content (AvgIpc) is 2.55. The van der Waals surface area contributed by atoms with E-state index in [1.165, 1.54) is 0 Å². The van der Waals surface area contributed by atoms with Gasteiger partial charge in [-0.3, -0.25) is 0 Å². The molecule has 0 fully saturated rings. The van der Waals surface area contributed by atoms with Crippen molar-refractivity contribution in [3.63, 3.8) is 0 Å². The van der Waals surface area contributed by atoms with E-state index in [-0.39, 0.29) is 0 Å². The van der Waals surface area contributed by atoms with Gasteiger partial charge in [0.1, 0.15) is 5.76 Å². The lowest BCUT2D eigenvalue weighted by molar-refractivity contribution is 0.0759. The van der Waals surface area contributed by atoms with Crippen LogP contribution < -0.4 is 0 Å². The first-order chi connectivity index (χ1) is 6.29. The molecule has 0 aromatic carbocycles. The summed E-state index contributed by atoms with van der Waals surface area (Å²) in [5.41, 5.74) is 0. The first kappa shape index (κ1) is 10.3. The molecular formula is C11H18O2. The van der Waals surface area contributed by atoms with Crippen molar-refractivity contribution in [3.05, 3.63) is 24.2 Å². The summed E-state index contributed by atoms with van der Waals surface area (Å²) >= 11 is 0. The van der Waals surface area contributed by atoms with Gasteiger partial charge in [0.25, 0.3) is 0 Å². The Kier molecular flexibility index (Phi) is 4.61. The summed E-state index contributed by atoms with van der Waals surface area (Å²) < 4.78 is 10.7. The second-order valence-electron chi connectivity index (χ2n) is 3.46. The van der Waals surface area contributed by atoms with Crippen LogP contribution in [0.25, 0.3) is 0 Å². The molecule has 1 aromatic rings. The van der Waals surface area contributed by atoms with Gasteiger partial charge >= 0.3 is 0 Å². The zero-order valence-electron chi connectivity index (χ0n) is 8.45.